The average Bonchev–Trinajstić information content (AvgIpc) is 3.05. The molecule has 0 fully saturated rings. The molecule has 7 heteroatoms. The molecule has 118 valence electrons. The molecule has 2 atom stereocenters. The van der Waals surface area contributed by atoms with E-state index in [0.717, 1.165) is 0 Å². The van der Waals surface area contributed by atoms with Crippen LogP contribution in [-0.4, -0.2) is 33.7 Å². The monoisotopic (exact) mass is 307 g/mol. The second-order valence-electron chi connectivity index (χ2n) is 4.66. The molecular formula is C15H18FN3O3. The minimum absolute atomic E-state index is 0.0167. The number of aliphatic hydroxyl groups is 1. The standard InChI is InChI=1S/C15H18FN3O3/c1-2-12(22-13-6-4-3-5-10(13)16)15(21)19-11(9-20)14-17-7-8-18-14/h3-8,11-12,20H,2,9H2,1H3,(H,17,18)(H,19,21). The van der Waals surface area contributed by atoms with E-state index in [-0.39, 0.29) is 12.4 Å². The number of carbonyl (C=O) groups excluding carboxylic acids is 1. The molecule has 3 N–H and O–H groups in total. The molecule has 6 nitrogen and oxygen atoms in total. The molecule has 0 saturated carbocycles. The number of para-hydroxylation sites is 1. The molecule has 0 aliphatic rings. The Balaban J connectivity index is 2.04. The van der Waals surface area contributed by atoms with E-state index in [1.165, 1.54) is 18.3 Å². The summed E-state index contributed by atoms with van der Waals surface area (Å²) >= 11 is 0. The van der Waals surface area contributed by atoms with E-state index in [4.69, 9.17) is 4.74 Å². The van der Waals surface area contributed by atoms with Crippen molar-refractivity contribution in [3.8, 4) is 5.75 Å². The number of rotatable bonds is 7. The minimum Gasteiger partial charge on any atom is -0.478 e. The van der Waals surface area contributed by atoms with Crippen LogP contribution in [0.15, 0.2) is 36.7 Å². The van der Waals surface area contributed by atoms with Crippen LogP contribution in [0.1, 0.15) is 25.2 Å². The van der Waals surface area contributed by atoms with E-state index in [0.29, 0.717) is 12.2 Å². The fraction of sp³-hybridized carbons (Fsp3) is 0.333. The number of halogens is 1. The van der Waals surface area contributed by atoms with Crippen molar-refractivity contribution in [2.75, 3.05) is 6.61 Å². The molecule has 1 aromatic carbocycles. The summed E-state index contributed by atoms with van der Waals surface area (Å²) in [5.74, 6) is -0.515. The van der Waals surface area contributed by atoms with Crippen molar-refractivity contribution < 1.29 is 19.0 Å². The van der Waals surface area contributed by atoms with E-state index in [1.807, 2.05) is 0 Å². The molecule has 1 amide bonds. The first kappa shape index (κ1) is 16.0. The number of amides is 1. The molecule has 0 aliphatic carbocycles. The Morgan fingerprint density at radius 3 is 2.86 bits per heavy atom. The van der Waals surface area contributed by atoms with E-state index in [9.17, 15) is 14.3 Å². The Morgan fingerprint density at radius 2 is 2.27 bits per heavy atom. The summed E-state index contributed by atoms with van der Waals surface area (Å²) in [5.41, 5.74) is 0. The number of nitrogens with zero attached hydrogens (tertiary/aromatic N) is 1. The number of aromatic amines is 1. The van der Waals surface area contributed by atoms with Crippen molar-refractivity contribution >= 4 is 5.91 Å². The summed E-state index contributed by atoms with van der Waals surface area (Å²) in [4.78, 5) is 19.1. The van der Waals surface area contributed by atoms with Crippen LogP contribution in [0, 0.1) is 5.82 Å². The number of nitrogens with one attached hydrogen (secondary N) is 2. The lowest BCUT2D eigenvalue weighted by molar-refractivity contribution is -0.129. The summed E-state index contributed by atoms with van der Waals surface area (Å²) in [7, 11) is 0. The van der Waals surface area contributed by atoms with Crippen LogP contribution < -0.4 is 10.1 Å². The summed E-state index contributed by atoms with van der Waals surface area (Å²) in [5, 5.41) is 12.0. The van der Waals surface area contributed by atoms with Gasteiger partial charge in [-0.25, -0.2) is 9.37 Å². The van der Waals surface area contributed by atoms with Crippen LogP contribution in [0.4, 0.5) is 4.39 Å². The number of benzene rings is 1. The molecule has 0 saturated heterocycles. The highest BCUT2D eigenvalue weighted by Gasteiger charge is 2.24. The normalized spacial score (nSPS) is 13.4. The second-order valence-corrected chi connectivity index (χ2v) is 4.66. The van der Waals surface area contributed by atoms with Crippen LogP contribution in [0.5, 0.6) is 5.75 Å². The van der Waals surface area contributed by atoms with E-state index < -0.39 is 23.9 Å². The number of ether oxygens (including phenoxy) is 1. The molecule has 1 aromatic heterocycles. The van der Waals surface area contributed by atoms with Crippen LogP contribution in [-0.2, 0) is 4.79 Å². The smallest absolute Gasteiger partial charge is 0.261 e. The topological polar surface area (TPSA) is 87.2 Å². The first-order valence-electron chi connectivity index (χ1n) is 6.97. The molecule has 2 unspecified atom stereocenters. The van der Waals surface area contributed by atoms with Gasteiger partial charge in [-0.1, -0.05) is 19.1 Å². The summed E-state index contributed by atoms with van der Waals surface area (Å²) < 4.78 is 19.0. The number of H-pyrrole nitrogens is 1. The van der Waals surface area contributed by atoms with Crippen molar-refractivity contribution in [3.05, 3.63) is 48.3 Å². The van der Waals surface area contributed by atoms with Gasteiger partial charge in [-0.05, 0) is 18.6 Å². The third kappa shape index (κ3) is 3.82. The maximum absolute atomic E-state index is 13.6. The van der Waals surface area contributed by atoms with Crippen molar-refractivity contribution in [1.29, 1.82) is 0 Å². The van der Waals surface area contributed by atoms with Crippen molar-refractivity contribution in [1.82, 2.24) is 15.3 Å². The van der Waals surface area contributed by atoms with Crippen LogP contribution in [0.3, 0.4) is 0 Å². The molecule has 2 rings (SSSR count). The summed E-state index contributed by atoms with van der Waals surface area (Å²) in [6.45, 7) is 1.45. The van der Waals surface area contributed by atoms with E-state index >= 15 is 0 Å². The number of hydrogen-bond acceptors (Lipinski definition) is 4. The maximum atomic E-state index is 13.6. The van der Waals surface area contributed by atoms with Gasteiger partial charge in [0.1, 0.15) is 11.9 Å². The second kappa shape index (κ2) is 7.56. The van der Waals surface area contributed by atoms with Gasteiger partial charge in [0.2, 0.25) is 0 Å². The van der Waals surface area contributed by atoms with E-state index in [1.54, 1.807) is 25.3 Å². The maximum Gasteiger partial charge on any atom is 0.261 e. The van der Waals surface area contributed by atoms with Crippen LogP contribution in [0.25, 0.3) is 0 Å². The zero-order valence-corrected chi connectivity index (χ0v) is 12.1. The molecule has 1 heterocycles. The summed E-state index contributed by atoms with van der Waals surface area (Å²) in [6, 6.07) is 5.23. The largest absolute Gasteiger partial charge is 0.478 e. The zero-order chi connectivity index (χ0) is 15.9. The molecular weight excluding hydrogens is 289 g/mol. The SMILES string of the molecule is CCC(Oc1ccccc1F)C(=O)NC(CO)c1ncc[nH]1. The van der Waals surface area contributed by atoms with Crippen molar-refractivity contribution in [2.24, 2.45) is 0 Å². The lowest BCUT2D eigenvalue weighted by Crippen LogP contribution is -2.41. The highest BCUT2D eigenvalue weighted by molar-refractivity contribution is 5.81. The van der Waals surface area contributed by atoms with Crippen molar-refractivity contribution in [2.45, 2.75) is 25.5 Å². The quantitative estimate of drug-likeness (QED) is 0.724. The first-order chi connectivity index (χ1) is 10.7. The lowest BCUT2D eigenvalue weighted by atomic mass is 10.2. The third-order valence-electron chi connectivity index (χ3n) is 3.12. The number of imidazole rings is 1. The number of aromatic nitrogens is 2. The number of carbonyl (C=O) groups is 1. The molecule has 0 spiro atoms. The Hall–Kier alpha value is -2.41. The van der Waals surface area contributed by atoms with Gasteiger partial charge < -0.3 is 20.1 Å². The highest BCUT2D eigenvalue weighted by Crippen LogP contribution is 2.18. The van der Waals surface area contributed by atoms with Gasteiger partial charge in [-0.2, -0.15) is 0 Å². The Morgan fingerprint density at radius 1 is 1.50 bits per heavy atom. The molecule has 0 aliphatic heterocycles. The van der Waals surface area contributed by atoms with Gasteiger partial charge >= 0.3 is 0 Å². The predicted octanol–water partition coefficient (Wildman–Crippen LogP) is 1.56. The number of hydrogen-bond donors (Lipinski definition) is 3. The minimum atomic E-state index is -0.860. The fourth-order valence-electron chi connectivity index (χ4n) is 1.95. The molecule has 0 radical (unpaired) electrons. The molecule has 2 aromatic rings. The van der Waals surface area contributed by atoms with Gasteiger partial charge in [0.15, 0.2) is 17.7 Å². The molecule has 22 heavy (non-hydrogen) atoms. The van der Waals surface area contributed by atoms with Crippen LogP contribution in [0.2, 0.25) is 0 Å². The summed E-state index contributed by atoms with van der Waals surface area (Å²) in [6.07, 6.45) is 2.62. The predicted molar refractivity (Wildman–Crippen MR) is 77.7 cm³/mol. The van der Waals surface area contributed by atoms with Gasteiger partial charge in [-0.3, -0.25) is 4.79 Å². The van der Waals surface area contributed by atoms with Crippen LogP contribution >= 0.6 is 0 Å². The van der Waals surface area contributed by atoms with Gasteiger partial charge in [-0.15, -0.1) is 0 Å². The van der Waals surface area contributed by atoms with E-state index in [2.05, 4.69) is 15.3 Å². The first-order valence-corrected chi connectivity index (χ1v) is 6.97. The van der Waals surface area contributed by atoms with Gasteiger partial charge in [0.25, 0.3) is 5.91 Å². The third-order valence-corrected chi connectivity index (χ3v) is 3.12. The Labute approximate surface area is 127 Å². The Bertz CT molecular complexity index is 604. The van der Waals surface area contributed by atoms with Crippen molar-refractivity contribution in [3.63, 3.8) is 0 Å². The Kier molecular flexibility index (Phi) is 5.48. The zero-order valence-electron chi connectivity index (χ0n) is 12.1. The van der Waals surface area contributed by atoms with Gasteiger partial charge in [0, 0.05) is 12.4 Å². The average molecular weight is 307 g/mol. The lowest BCUT2D eigenvalue weighted by Gasteiger charge is -2.20. The highest BCUT2D eigenvalue weighted by atomic mass is 19.1. The number of aliphatic hydroxyl groups excluding tert-OH is 1. The van der Waals surface area contributed by atoms with Gasteiger partial charge in [0.05, 0.1) is 6.61 Å². The molecule has 0 bridgehead atoms. The fourth-order valence-corrected chi connectivity index (χ4v) is 1.95.